The van der Waals surface area contributed by atoms with Crippen molar-refractivity contribution in [2.75, 3.05) is 18.0 Å². The first-order valence-electron chi connectivity index (χ1n) is 6.30. The summed E-state index contributed by atoms with van der Waals surface area (Å²) < 4.78 is 0. The van der Waals surface area contributed by atoms with E-state index in [1.165, 1.54) is 5.69 Å². The number of nitrogens with zero attached hydrogens (tertiary/aromatic N) is 2. The van der Waals surface area contributed by atoms with Crippen LogP contribution in [0.1, 0.15) is 26.7 Å². The van der Waals surface area contributed by atoms with E-state index in [9.17, 15) is 0 Å². The molecular weight excluding hydrogens is 208 g/mol. The molecule has 1 aromatic carbocycles. The van der Waals surface area contributed by atoms with Crippen molar-refractivity contribution in [1.82, 2.24) is 0 Å². The van der Waals surface area contributed by atoms with Gasteiger partial charge in [0.05, 0.1) is 6.07 Å². The van der Waals surface area contributed by atoms with Gasteiger partial charge in [-0.1, -0.05) is 32.0 Å². The van der Waals surface area contributed by atoms with Crippen LogP contribution in [0.15, 0.2) is 30.3 Å². The molecular formula is C15H20N2. The largest absolute Gasteiger partial charge is 0.371 e. The Labute approximate surface area is 104 Å². The summed E-state index contributed by atoms with van der Waals surface area (Å²) in [5, 5.41) is 8.94. The van der Waals surface area contributed by atoms with Crippen molar-refractivity contribution in [3.8, 4) is 6.07 Å². The summed E-state index contributed by atoms with van der Waals surface area (Å²) in [6.07, 6.45) is 1.82. The van der Waals surface area contributed by atoms with E-state index >= 15 is 0 Å². The van der Waals surface area contributed by atoms with Crippen LogP contribution in [0.2, 0.25) is 0 Å². The monoisotopic (exact) mass is 228 g/mol. The smallest absolute Gasteiger partial charge is 0.0625 e. The van der Waals surface area contributed by atoms with Gasteiger partial charge in [0.25, 0.3) is 0 Å². The quantitative estimate of drug-likeness (QED) is 0.775. The highest BCUT2D eigenvalue weighted by Gasteiger charge is 2.35. The van der Waals surface area contributed by atoms with Crippen molar-refractivity contribution in [3.05, 3.63) is 30.3 Å². The topological polar surface area (TPSA) is 27.0 Å². The summed E-state index contributed by atoms with van der Waals surface area (Å²) in [5.41, 5.74) is 1.58. The van der Waals surface area contributed by atoms with Crippen LogP contribution >= 0.6 is 0 Å². The second kappa shape index (κ2) is 4.79. The number of hydrogen-bond acceptors (Lipinski definition) is 2. The second-order valence-corrected chi connectivity index (χ2v) is 5.58. The van der Waals surface area contributed by atoms with Gasteiger partial charge >= 0.3 is 0 Å². The van der Waals surface area contributed by atoms with Gasteiger partial charge in [0.15, 0.2) is 0 Å². The molecule has 0 radical (unpaired) electrons. The van der Waals surface area contributed by atoms with Crippen LogP contribution in [0.3, 0.4) is 0 Å². The summed E-state index contributed by atoms with van der Waals surface area (Å²) in [7, 11) is 0. The Balaban J connectivity index is 2.12. The van der Waals surface area contributed by atoms with Crippen molar-refractivity contribution >= 4 is 5.69 Å². The predicted octanol–water partition coefficient (Wildman–Crippen LogP) is 3.45. The Morgan fingerprint density at radius 2 is 2.06 bits per heavy atom. The molecule has 0 aromatic heterocycles. The maximum atomic E-state index is 8.94. The molecule has 0 amide bonds. The average molecular weight is 228 g/mol. The minimum atomic E-state index is 0.293. The molecule has 2 rings (SSSR count). The molecule has 0 aliphatic carbocycles. The second-order valence-electron chi connectivity index (χ2n) is 5.58. The van der Waals surface area contributed by atoms with E-state index in [1.807, 2.05) is 6.07 Å². The number of hydrogen-bond donors (Lipinski definition) is 0. The third kappa shape index (κ3) is 2.61. The fourth-order valence-electron chi connectivity index (χ4n) is 2.56. The summed E-state index contributed by atoms with van der Waals surface area (Å²) >= 11 is 0. The fraction of sp³-hybridized carbons (Fsp3) is 0.533. The number of rotatable bonds is 2. The lowest BCUT2D eigenvalue weighted by molar-refractivity contribution is 0.174. The van der Waals surface area contributed by atoms with Gasteiger partial charge in [-0.15, -0.1) is 0 Å². The first-order chi connectivity index (χ1) is 8.13. The van der Waals surface area contributed by atoms with E-state index in [-0.39, 0.29) is 0 Å². The lowest BCUT2D eigenvalue weighted by Crippen LogP contribution is -2.44. The van der Waals surface area contributed by atoms with Crippen molar-refractivity contribution in [3.63, 3.8) is 0 Å². The summed E-state index contributed by atoms with van der Waals surface area (Å²) in [6, 6.07) is 12.8. The zero-order valence-corrected chi connectivity index (χ0v) is 10.7. The van der Waals surface area contributed by atoms with E-state index in [1.54, 1.807) is 0 Å². The van der Waals surface area contributed by atoms with Gasteiger partial charge in [0, 0.05) is 25.2 Å². The van der Waals surface area contributed by atoms with Gasteiger partial charge in [0.2, 0.25) is 0 Å². The first-order valence-corrected chi connectivity index (χ1v) is 6.30. The minimum Gasteiger partial charge on any atom is -0.371 e. The summed E-state index contributed by atoms with van der Waals surface area (Å²) in [5.74, 6) is 0.474. The highest BCUT2D eigenvalue weighted by atomic mass is 15.1. The third-order valence-electron chi connectivity index (χ3n) is 4.03. The van der Waals surface area contributed by atoms with Gasteiger partial charge in [-0.3, -0.25) is 0 Å². The number of benzene rings is 1. The van der Waals surface area contributed by atoms with Crippen LogP contribution in [-0.2, 0) is 0 Å². The van der Waals surface area contributed by atoms with Crippen molar-refractivity contribution in [1.29, 1.82) is 5.26 Å². The van der Waals surface area contributed by atoms with Gasteiger partial charge < -0.3 is 4.90 Å². The lowest BCUT2D eigenvalue weighted by atomic mass is 9.72. The zero-order chi connectivity index (χ0) is 12.3. The Hall–Kier alpha value is -1.49. The lowest BCUT2D eigenvalue weighted by Gasteiger charge is -2.44. The molecule has 1 unspecified atom stereocenters. The number of piperidine rings is 1. The molecule has 1 aliphatic heterocycles. The molecule has 0 saturated carbocycles. The van der Waals surface area contributed by atoms with Crippen LogP contribution in [0, 0.1) is 22.7 Å². The molecule has 1 saturated heterocycles. The van der Waals surface area contributed by atoms with Crippen molar-refractivity contribution < 1.29 is 0 Å². The number of para-hydroxylation sites is 1. The van der Waals surface area contributed by atoms with Crippen LogP contribution in [0.25, 0.3) is 0 Å². The molecule has 90 valence electrons. The van der Waals surface area contributed by atoms with Gasteiger partial charge in [-0.2, -0.15) is 5.26 Å². The SMILES string of the molecule is CC1(C)CCN(c2ccccc2)CC1CC#N. The third-order valence-corrected chi connectivity index (χ3v) is 4.03. The molecule has 0 bridgehead atoms. The fourth-order valence-corrected chi connectivity index (χ4v) is 2.56. The van der Waals surface area contributed by atoms with Crippen molar-refractivity contribution in [2.45, 2.75) is 26.7 Å². The van der Waals surface area contributed by atoms with E-state index < -0.39 is 0 Å². The first kappa shape index (κ1) is 12.0. The number of anilines is 1. The molecule has 1 aromatic rings. The van der Waals surface area contributed by atoms with Crippen LogP contribution < -0.4 is 4.90 Å². The summed E-state index contributed by atoms with van der Waals surface area (Å²) in [4.78, 5) is 2.41. The van der Waals surface area contributed by atoms with E-state index in [2.05, 4.69) is 49.1 Å². The standard InChI is InChI=1S/C15H20N2/c1-15(2)9-11-17(12-13(15)8-10-16)14-6-4-3-5-7-14/h3-7,13H,8-9,11-12H2,1-2H3. The average Bonchev–Trinajstić information content (AvgIpc) is 2.33. The van der Waals surface area contributed by atoms with Gasteiger partial charge in [-0.05, 0) is 29.9 Å². The maximum Gasteiger partial charge on any atom is 0.0625 e. The Bertz CT molecular complexity index is 403. The van der Waals surface area contributed by atoms with Crippen LogP contribution in [-0.4, -0.2) is 13.1 Å². The number of nitriles is 1. The highest BCUT2D eigenvalue weighted by Crippen LogP contribution is 2.38. The predicted molar refractivity (Wildman–Crippen MR) is 70.8 cm³/mol. The van der Waals surface area contributed by atoms with E-state index in [0.717, 1.165) is 19.5 Å². The molecule has 0 spiro atoms. The Morgan fingerprint density at radius 1 is 1.35 bits per heavy atom. The van der Waals surface area contributed by atoms with Crippen molar-refractivity contribution in [2.24, 2.45) is 11.3 Å². The van der Waals surface area contributed by atoms with Gasteiger partial charge in [-0.25, -0.2) is 0 Å². The highest BCUT2D eigenvalue weighted by molar-refractivity contribution is 5.46. The zero-order valence-electron chi connectivity index (χ0n) is 10.7. The maximum absolute atomic E-state index is 8.94. The van der Waals surface area contributed by atoms with Crippen LogP contribution in [0.5, 0.6) is 0 Å². The summed E-state index contributed by atoms with van der Waals surface area (Å²) in [6.45, 7) is 6.68. The Morgan fingerprint density at radius 3 is 2.71 bits per heavy atom. The molecule has 1 aliphatic rings. The van der Waals surface area contributed by atoms with E-state index in [0.29, 0.717) is 17.8 Å². The van der Waals surface area contributed by atoms with Gasteiger partial charge in [0.1, 0.15) is 0 Å². The molecule has 2 nitrogen and oxygen atoms in total. The van der Waals surface area contributed by atoms with Crippen LogP contribution in [0.4, 0.5) is 5.69 Å². The molecule has 17 heavy (non-hydrogen) atoms. The normalized spacial score (nSPS) is 23.1. The molecule has 1 heterocycles. The Kier molecular flexibility index (Phi) is 3.38. The molecule has 1 atom stereocenters. The molecule has 0 N–H and O–H groups in total. The molecule has 2 heteroatoms. The molecule has 1 fully saturated rings. The van der Waals surface area contributed by atoms with E-state index in [4.69, 9.17) is 5.26 Å². The minimum absolute atomic E-state index is 0.293.